The van der Waals surface area contributed by atoms with Crippen molar-refractivity contribution in [3.8, 4) is 17.6 Å². The second-order valence-electron chi connectivity index (χ2n) is 5.56. The van der Waals surface area contributed by atoms with Crippen LogP contribution >= 0.6 is 11.6 Å². The predicted molar refractivity (Wildman–Crippen MR) is 86.2 cm³/mol. The highest BCUT2D eigenvalue weighted by Gasteiger charge is 2.39. The Hall–Kier alpha value is -2.65. The molecule has 0 saturated heterocycles. The highest BCUT2D eigenvalue weighted by Crippen LogP contribution is 2.48. The van der Waals surface area contributed by atoms with Crippen LogP contribution in [0.4, 0.5) is 0 Å². The molecule has 0 aromatic heterocycles. The minimum absolute atomic E-state index is 0.0204. The number of phenolic OH excluding ortho intramolecular Hbond substituents is 1. The first-order valence-corrected chi connectivity index (χ1v) is 7.76. The highest BCUT2D eigenvalue weighted by molar-refractivity contribution is 6.33. The molecule has 124 valence electrons. The molecule has 0 spiro atoms. The fourth-order valence-electron chi connectivity index (χ4n) is 3.12. The van der Waals surface area contributed by atoms with Crippen molar-refractivity contribution in [1.29, 1.82) is 5.26 Å². The standard InChI is InChI=1S/C17H15ClN2O4/c1-23-12-6-5-8(15(18)16(12)22)13-9(7-19)17(20)24-11-4-2-3-10(21)14(11)13/h5-6,13,22H,2-4,20H2,1H3/t13-/m1/s1. The number of nitriles is 1. The molecule has 6 nitrogen and oxygen atoms in total. The number of phenols is 1. The van der Waals surface area contributed by atoms with Gasteiger partial charge in [-0.15, -0.1) is 0 Å². The first-order chi connectivity index (χ1) is 11.5. The molecule has 0 amide bonds. The average molecular weight is 347 g/mol. The van der Waals surface area contributed by atoms with Crippen molar-refractivity contribution in [1.82, 2.24) is 0 Å². The lowest BCUT2D eigenvalue weighted by molar-refractivity contribution is -0.116. The number of hydrogen-bond acceptors (Lipinski definition) is 6. The Balaban J connectivity index is 2.24. The first kappa shape index (κ1) is 16.2. The number of rotatable bonds is 2. The summed E-state index contributed by atoms with van der Waals surface area (Å²) in [4.78, 5) is 12.5. The van der Waals surface area contributed by atoms with Crippen molar-refractivity contribution in [3.05, 3.63) is 45.5 Å². The molecule has 1 heterocycles. The number of halogens is 1. The van der Waals surface area contributed by atoms with Crippen molar-refractivity contribution >= 4 is 17.4 Å². The summed E-state index contributed by atoms with van der Waals surface area (Å²) in [6.45, 7) is 0. The molecule has 1 aliphatic carbocycles. The van der Waals surface area contributed by atoms with Gasteiger partial charge in [-0.2, -0.15) is 5.26 Å². The van der Waals surface area contributed by atoms with Gasteiger partial charge in [0.05, 0.1) is 18.1 Å². The lowest BCUT2D eigenvalue weighted by Gasteiger charge is -2.31. The van der Waals surface area contributed by atoms with Gasteiger partial charge in [0.15, 0.2) is 17.3 Å². The van der Waals surface area contributed by atoms with E-state index < -0.39 is 5.92 Å². The summed E-state index contributed by atoms with van der Waals surface area (Å²) in [5, 5.41) is 19.7. The molecule has 2 aliphatic rings. The molecule has 0 bridgehead atoms. The number of ketones is 1. The first-order valence-electron chi connectivity index (χ1n) is 7.38. The molecule has 1 aliphatic heterocycles. The lowest BCUT2D eigenvalue weighted by Crippen LogP contribution is -2.27. The number of nitrogens with zero attached hydrogens (tertiary/aromatic N) is 1. The maximum atomic E-state index is 12.5. The van der Waals surface area contributed by atoms with Crippen molar-refractivity contribution in [2.45, 2.75) is 25.2 Å². The minimum Gasteiger partial charge on any atom is -0.503 e. The maximum absolute atomic E-state index is 12.5. The van der Waals surface area contributed by atoms with E-state index in [1.807, 2.05) is 6.07 Å². The Kier molecular flexibility index (Phi) is 4.12. The summed E-state index contributed by atoms with van der Waals surface area (Å²) in [5.41, 5.74) is 6.78. The Labute approximate surface area is 143 Å². The van der Waals surface area contributed by atoms with Gasteiger partial charge in [-0.25, -0.2) is 0 Å². The van der Waals surface area contributed by atoms with E-state index in [1.54, 1.807) is 6.07 Å². The van der Waals surface area contributed by atoms with Crippen LogP contribution in [0.5, 0.6) is 11.5 Å². The molecular formula is C17H15ClN2O4. The van der Waals surface area contributed by atoms with Crippen LogP contribution in [-0.4, -0.2) is 18.0 Å². The van der Waals surface area contributed by atoms with E-state index in [-0.39, 0.29) is 33.8 Å². The van der Waals surface area contributed by atoms with E-state index in [2.05, 4.69) is 0 Å². The average Bonchev–Trinajstić information content (AvgIpc) is 2.56. The van der Waals surface area contributed by atoms with Crippen LogP contribution in [0.25, 0.3) is 0 Å². The minimum atomic E-state index is -0.754. The lowest BCUT2D eigenvalue weighted by atomic mass is 9.77. The summed E-state index contributed by atoms with van der Waals surface area (Å²) in [6.07, 6.45) is 1.61. The van der Waals surface area contributed by atoms with E-state index >= 15 is 0 Å². The predicted octanol–water partition coefficient (Wildman–Crippen LogP) is 2.87. The van der Waals surface area contributed by atoms with Crippen molar-refractivity contribution in [2.75, 3.05) is 7.11 Å². The number of allylic oxidation sites excluding steroid dienone is 3. The molecule has 24 heavy (non-hydrogen) atoms. The van der Waals surface area contributed by atoms with E-state index in [4.69, 9.17) is 26.8 Å². The number of nitrogens with two attached hydrogens (primary N) is 1. The van der Waals surface area contributed by atoms with Crippen LogP contribution in [0.15, 0.2) is 34.9 Å². The molecule has 0 fully saturated rings. The Morgan fingerprint density at radius 2 is 2.21 bits per heavy atom. The quantitative estimate of drug-likeness (QED) is 0.852. The number of hydrogen-bond donors (Lipinski definition) is 2. The second kappa shape index (κ2) is 6.10. The van der Waals surface area contributed by atoms with Gasteiger partial charge in [-0.05, 0) is 18.1 Å². The summed E-state index contributed by atoms with van der Waals surface area (Å²) in [7, 11) is 1.41. The number of aromatic hydroxyl groups is 1. The Morgan fingerprint density at radius 3 is 2.88 bits per heavy atom. The van der Waals surface area contributed by atoms with Crippen LogP contribution in [-0.2, 0) is 9.53 Å². The van der Waals surface area contributed by atoms with Crippen LogP contribution < -0.4 is 10.5 Å². The molecule has 1 aromatic rings. The molecule has 1 atom stereocenters. The zero-order valence-corrected chi connectivity index (χ0v) is 13.7. The summed E-state index contributed by atoms with van der Waals surface area (Å²) in [6, 6.07) is 5.15. The largest absolute Gasteiger partial charge is 0.503 e. The fourth-order valence-corrected chi connectivity index (χ4v) is 3.38. The molecule has 1 aromatic carbocycles. The van der Waals surface area contributed by atoms with Gasteiger partial charge < -0.3 is 20.3 Å². The Bertz CT molecular complexity index is 836. The monoisotopic (exact) mass is 346 g/mol. The van der Waals surface area contributed by atoms with E-state index in [0.29, 0.717) is 36.2 Å². The van der Waals surface area contributed by atoms with Gasteiger partial charge in [0, 0.05) is 18.4 Å². The van der Waals surface area contributed by atoms with Gasteiger partial charge in [-0.3, -0.25) is 4.79 Å². The van der Waals surface area contributed by atoms with Gasteiger partial charge in [0.2, 0.25) is 5.88 Å². The summed E-state index contributed by atoms with van der Waals surface area (Å²) >= 11 is 6.28. The van der Waals surface area contributed by atoms with E-state index in [0.717, 1.165) is 0 Å². The van der Waals surface area contributed by atoms with Crippen LogP contribution in [0.3, 0.4) is 0 Å². The molecular weight excluding hydrogens is 332 g/mol. The molecule has 0 saturated carbocycles. The van der Waals surface area contributed by atoms with E-state index in [9.17, 15) is 15.2 Å². The summed E-state index contributed by atoms with van der Waals surface area (Å²) in [5.74, 6) is -0.468. The van der Waals surface area contributed by atoms with Gasteiger partial charge in [0.25, 0.3) is 0 Å². The van der Waals surface area contributed by atoms with Gasteiger partial charge in [0.1, 0.15) is 17.4 Å². The molecule has 7 heteroatoms. The highest BCUT2D eigenvalue weighted by atomic mass is 35.5. The molecule has 3 N–H and O–H groups in total. The Morgan fingerprint density at radius 1 is 1.46 bits per heavy atom. The zero-order chi connectivity index (χ0) is 17.4. The second-order valence-corrected chi connectivity index (χ2v) is 5.94. The number of carbonyl (C=O) groups excluding carboxylic acids is 1. The van der Waals surface area contributed by atoms with Crippen molar-refractivity contribution in [3.63, 3.8) is 0 Å². The molecule has 3 rings (SSSR count). The van der Waals surface area contributed by atoms with Crippen molar-refractivity contribution < 1.29 is 19.4 Å². The van der Waals surface area contributed by atoms with Crippen LogP contribution in [0.1, 0.15) is 30.7 Å². The number of benzene rings is 1. The van der Waals surface area contributed by atoms with Gasteiger partial charge in [-0.1, -0.05) is 17.7 Å². The topological polar surface area (TPSA) is 106 Å². The smallest absolute Gasteiger partial charge is 0.205 e. The number of methoxy groups -OCH3 is 1. The van der Waals surface area contributed by atoms with Gasteiger partial charge >= 0.3 is 0 Å². The van der Waals surface area contributed by atoms with Crippen molar-refractivity contribution in [2.24, 2.45) is 5.73 Å². The molecule has 0 unspecified atom stereocenters. The number of ether oxygens (including phenoxy) is 2. The number of carbonyl (C=O) groups is 1. The van der Waals surface area contributed by atoms with Crippen LogP contribution in [0, 0.1) is 11.3 Å². The third-order valence-corrected chi connectivity index (χ3v) is 4.64. The van der Waals surface area contributed by atoms with E-state index in [1.165, 1.54) is 13.2 Å². The maximum Gasteiger partial charge on any atom is 0.205 e. The van der Waals surface area contributed by atoms with Crippen LogP contribution in [0.2, 0.25) is 5.02 Å². The third kappa shape index (κ3) is 2.38. The fraction of sp³-hybridized carbons (Fsp3) is 0.294. The third-order valence-electron chi connectivity index (χ3n) is 4.24. The number of Topliss-reactive ketones (excluding diaryl/α,β-unsaturated/α-hetero) is 1. The molecule has 0 radical (unpaired) electrons. The zero-order valence-electron chi connectivity index (χ0n) is 12.9. The normalized spacial score (nSPS) is 20.4. The SMILES string of the molecule is COc1ccc([C@@H]2C(C#N)=C(N)OC3=C2C(=O)CCC3)c(Cl)c1O. The summed E-state index contributed by atoms with van der Waals surface area (Å²) < 4.78 is 10.5.